The second kappa shape index (κ2) is 9.28. The third-order valence-corrected chi connectivity index (χ3v) is 6.72. The fourth-order valence-corrected chi connectivity index (χ4v) is 5.03. The molecule has 1 aliphatic heterocycles. The van der Waals surface area contributed by atoms with E-state index in [2.05, 4.69) is 15.0 Å². The molecule has 1 amide bonds. The van der Waals surface area contributed by atoms with Crippen LogP contribution in [0.4, 0.5) is 23.4 Å². The van der Waals surface area contributed by atoms with Crippen LogP contribution in [0.1, 0.15) is 39.7 Å². The van der Waals surface area contributed by atoms with E-state index in [9.17, 15) is 22.4 Å². The number of carbonyl (C=O) groups is 1. The Morgan fingerprint density at radius 3 is 2.56 bits per heavy atom. The Morgan fingerprint density at radius 2 is 1.88 bits per heavy atom. The normalized spacial score (nSPS) is 16.2. The first-order valence-corrected chi connectivity index (χ1v) is 11.5. The Bertz CT molecular complexity index is 1200. The van der Waals surface area contributed by atoms with Gasteiger partial charge in [-0.1, -0.05) is 12.1 Å². The van der Waals surface area contributed by atoms with E-state index in [0.29, 0.717) is 45.3 Å². The molecule has 1 fully saturated rings. The third kappa shape index (κ3) is 4.89. The number of benzene rings is 1. The number of likely N-dealkylation sites (tertiary alicyclic amines) is 1. The van der Waals surface area contributed by atoms with Gasteiger partial charge in [0.15, 0.2) is 0 Å². The van der Waals surface area contributed by atoms with E-state index in [1.807, 2.05) is 0 Å². The van der Waals surface area contributed by atoms with Crippen molar-refractivity contribution in [2.24, 2.45) is 0 Å². The molecule has 0 unspecified atom stereocenters. The molecule has 0 spiro atoms. The van der Waals surface area contributed by atoms with Gasteiger partial charge in [0.05, 0.1) is 9.88 Å². The first-order chi connectivity index (χ1) is 16.0. The number of aromatic nitrogens is 3. The zero-order chi connectivity index (χ0) is 24.6. The van der Waals surface area contributed by atoms with Crippen LogP contribution in [0.25, 0.3) is 10.4 Å². The summed E-state index contributed by atoms with van der Waals surface area (Å²) in [6.45, 7) is 4.70. The van der Waals surface area contributed by atoms with Crippen molar-refractivity contribution in [2.75, 3.05) is 18.0 Å². The Kier molecular flexibility index (Phi) is 6.57. The molecule has 1 saturated heterocycles. The number of nitrogens with zero attached hydrogens (tertiary/aromatic N) is 5. The zero-order valence-electron chi connectivity index (χ0n) is 18.9. The number of hydrogen-bond donors (Lipinski definition) is 0. The number of amides is 1. The molecule has 0 radical (unpaired) electrons. The Balaban J connectivity index is 1.64. The minimum absolute atomic E-state index is 0.175. The zero-order valence-corrected chi connectivity index (χ0v) is 19.7. The number of rotatable bonds is 5. The van der Waals surface area contributed by atoms with Gasteiger partial charge in [0.2, 0.25) is 0 Å². The minimum Gasteiger partial charge on any atom is -0.332 e. The summed E-state index contributed by atoms with van der Waals surface area (Å²) in [5, 5.41) is 0.641. The molecule has 2 aromatic heterocycles. The van der Waals surface area contributed by atoms with Gasteiger partial charge < -0.3 is 4.90 Å². The summed E-state index contributed by atoms with van der Waals surface area (Å²) in [6.07, 6.45) is -2.31. The van der Waals surface area contributed by atoms with E-state index in [0.717, 1.165) is 0 Å². The lowest BCUT2D eigenvalue weighted by Gasteiger charge is -2.33. The van der Waals surface area contributed by atoms with Crippen molar-refractivity contribution in [3.63, 3.8) is 0 Å². The molecule has 11 heteroatoms. The summed E-state index contributed by atoms with van der Waals surface area (Å²) in [4.78, 5) is 28.2. The summed E-state index contributed by atoms with van der Waals surface area (Å²) in [5.41, 5.74) is 1.11. The molecule has 180 valence electrons. The highest BCUT2D eigenvalue weighted by atomic mass is 32.1. The molecule has 0 saturated carbocycles. The molecule has 3 aromatic rings. The van der Waals surface area contributed by atoms with Gasteiger partial charge in [-0.05, 0) is 51.3 Å². The number of alkyl halides is 3. The quantitative estimate of drug-likeness (QED) is 0.357. The van der Waals surface area contributed by atoms with Crippen molar-refractivity contribution < 1.29 is 22.4 Å². The van der Waals surface area contributed by atoms with Crippen molar-refractivity contribution in [1.82, 2.24) is 19.9 Å². The average molecular weight is 494 g/mol. The SMILES string of the molecule is Cc1ncc(C)c(N(C[C@@H]2CCCN2C(=O)c2nc(C)sc2-c2ccc(F)cc2)C(F)(F)F)n1. The van der Waals surface area contributed by atoms with E-state index in [1.54, 1.807) is 19.1 Å². The summed E-state index contributed by atoms with van der Waals surface area (Å²) in [6, 6.07) is 5.04. The van der Waals surface area contributed by atoms with Crippen molar-refractivity contribution in [3.8, 4) is 10.4 Å². The summed E-state index contributed by atoms with van der Waals surface area (Å²) < 4.78 is 55.6. The van der Waals surface area contributed by atoms with Crippen LogP contribution in [-0.4, -0.2) is 51.2 Å². The van der Waals surface area contributed by atoms with Gasteiger partial charge in [0, 0.05) is 30.9 Å². The maximum atomic E-state index is 14.1. The molecule has 4 rings (SSSR count). The van der Waals surface area contributed by atoms with Crippen LogP contribution >= 0.6 is 11.3 Å². The molecule has 1 aliphatic rings. The first kappa shape index (κ1) is 24.1. The fraction of sp³-hybridized carbons (Fsp3) is 0.391. The monoisotopic (exact) mass is 493 g/mol. The van der Waals surface area contributed by atoms with Crippen molar-refractivity contribution in [3.05, 3.63) is 58.4 Å². The molecule has 1 atom stereocenters. The van der Waals surface area contributed by atoms with Crippen LogP contribution in [0, 0.1) is 26.6 Å². The van der Waals surface area contributed by atoms with E-state index in [1.165, 1.54) is 48.4 Å². The lowest BCUT2D eigenvalue weighted by Crippen LogP contribution is -2.49. The second-order valence-electron chi connectivity index (χ2n) is 8.21. The Labute approximate surface area is 198 Å². The van der Waals surface area contributed by atoms with Crippen LogP contribution in [0.3, 0.4) is 0 Å². The highest BCUT2D eigenvalue weighted by Gasteiger charge is 2.43. The highest BCUT2D eigenvalue weighted by molar-refractivity contribution is 7.15. The number of aryl methyl sites for hydroxylation is 3. The van der Waals surface area contributed by atoms with Gasteiger partial charge in [0.25, 0.3) is 5.91 Å². The Morgan fingerprint density at radius 1 is 1.18 bits per heavy atom. The number of anilines is 1. The van der Waals surface area contributed by atoms with Gasteiger partial charge >= 0.3 is 6.30 Å². The standard InChI is InChI=1S/C23H23F4N5OS/c1-13-11-28-14(2)29-21(13)32(23(25,26)27)12-18-5-4-10-31(18)22(33)19-20(34-15(3)30-19)16-6-8-17(24)9-7-16/h6-9,11,18H,4-5,10,12H2,1-3H3/t18-/m0/s1. The van der Waals surface area contributed by atoms with Crippen LogP contribution in [0.5, 0.6) is 0 Å². The average Bonchev–Trinajstić information content (AvgIpc) is 3.39. The van der Waals surface area contributed by atoms with E-state index >= 15 is 0 Å². The van der Waals surface area contributed by atoms with Gasteiger partial charge in [0.1, 0.15) is 23.2 Å². The molecule has 1 aromatic carbocycles. The van der Waals surface area contributed by atoms with Crippen LogP contribution < -0.4 is 4.90 Å². The molecule has 3 heterocycles. The van der Waals surface area contributed by atoms with E-state index < -0.39 is 30.6 Å². The third-order valence-electron chi connectivity index (χ3n) is 5.70. The predicted molar refractivity (Wildman–Crippen MR) is 121 cm³/mol. The number of halogens is 4. The second-order valence-corrected chi connectivity index (χ2v) is 9.42. The topological polar surface area (TPSA) is 62.2 Å². The maximum absolute atomic E-state index is 14.1. The van der Waals surface area contributed by atoms with Gasteiger partial charge in [-0.3, -0.25) is 9.69 Å². The minimum atomic E-state index is -4.68. The smallest absolute Gasteiger partial charge is 0.332 e. The van der Waals surface area contributed by atoms with Crippen molar-refractivity contribution >= 4 is 23.1 Å². The molecular weight excluding hydrogens is 470 g/mol. The predicted octanol–water partition coefficient (Wildman–Crippen LogP) is 5.30. The van der Waals surface area contributed by atoms with Crippen LogP contribution in [-0.2, 0) is 0 Å². The maximum Gasteiger partial charge on any atom is 0.486 e. The lowest BCUT2D eigenvalue weighted by molar-refractivity contribution is -0.131. The summed E-state index contributed by atoms with van der Waals surface area (Å²) in [7, 11) is 0. The molecule has 0 N–H and O–H groups in total. The Hall–Kier alpha value is -3.08. The van der Waals surface area contributed by atoms with Crippen LogP contribution in [0.15, 0.2) is 30.5 Å². The van der Waals surface area contributed by atoms with Gasteiger partial charge in [-0.15, -0.1) is 11.3 Å². The van der Waals surface area contributed by atoms with Crippen molar-refractivity contribution in [2.45, 2.75) is 46.0 Å². The fourth-order valence-electron chi connectivity index (χ4n) is 4.11. The highest BCUT2D eigenvalue weighted by Crippen LogP contribution is 2.35. The molecule has 34 heavy (non-hydrogen) atoms. The first-order valence-electron chi connectivity index (χ1n) is 10.7. The summed E-state index contributed by atoms with van der Waals surface area (Å²) in [5.74, 6) is -0.809. The molecule has 0 bridgehead atoms. The number of thiazole rings is 1. The number of carbonyl (C=O) groups excluding carboxylic acids is 1. The van der Waals surface area contributed by atoms with E-state index in [-0.39, 0.29) is 17.3 Å². The molecular formula is C23H23F4N5OS. The largest absolute Gasteiger partial charge is 0.486 e. The van der Waals surface area contributed by atoms with Crippen LogP contribution in [0.2, 0.25) is 0 Å². The molecule has 0 aliphatic carbocycles. The molecule has 6 nitrogen and oxygen atoms in total. The van der Waals surface area contributed by atoms with E-state index in [4.69, 9.17) is 0 Å². The summed E-state index contributed by atoms with van der Waals surface area (Å²) >= 11 is 1.29. The van der Waals surface area contributed by atoms with Gasteiger partial charge in [-0.2, -0.15) is 13.2 Å². The van der Waals surface area contributed by atoms with Gasteiger partial charge in [-0.25, -0.2) is 19.3 Å². The number of hydrogen-bond acceptors (Lipinski definition) is 6. The lowest BCUT2D eigenvalue weighted by atomic mass is 10.1. The van der Waals surface area contributed by atoms with Crippen molar-refractivity contribution in [1.29, 1.82) is 0 Å².